The average molecular weight is 236 g/mol. The molecule has 0 spiro atoms. The monoisotopic (exact) mass is 236 g/mol. The first-order chi connectivity index (χ1) is 7.60. The van der Waals surface area contributed by atoms with E-state index in [2.05, 4.69) is 37.9 Å². The molecule has 2 N–H and O–H groups in total. The normalized spacial score (nSPS) is 10.5. The number of hydrogen-bond acceptors (Lipinski definition) is 2. The van der Waals surface area contributed by atoms with Gasteiger partial charge < -0.3 is 10.6 Å². The lowest BCUT2D eigenvalue weighted by Gasteiger charge is -2.28. The zero-order valence-electron chi connectivity index (χ0n) is 10.2. The molecule has 1 rings (SSSR count). The smallest absolute Gasteiger partial charge is 0.104 e. The van der Waals surface area contributed by atoms with Gasteiger partial charge in [-0.25, -0.2) is 0 Å². The van der Waals surface area contributed by atoms with Crippen LogP contribution in [0.15, 0.2) is 24.3 Å². The lowest BCUT2D eigenvalue weighted by Crippen LogP contribution is -2.30. The third kappa shape index (κ3) is 2.95. The van der Waals surface area contributed by atoms with Crippen LogP contribution >= 0.6 is 12.2 Å². The summed E-state index contributed by atoms with van der Waals surface area (Å²) in [5.41, 5.74) is 7.75. The highest BCUT2D eigenvalue weighted by atomic mass is 32.1. The molecule has 0 heterocycles. The van der Waals surface area contributed by atoms with E-state index in [4.69, 9.17) is 18.0 Å². The summed E-state index contributed by atoms with van der Waals surface area (Å²) in [5.74, 6) is 0. The quantitative estimate of drug-likeness (QED) is 0.797. The number of thiocarbonyl (C=S) groups is 1. The van der Waals surface area contributed by atoms with Crippen LogP contribution in [0.1, 0.15) is 32.3 Å². The Bertz CT molecular complexity index is 359. The number of rotatable bonds is 5. The molecule has 0 aliphatic carbocycles. The van der Waals surface area contributed by atoms with Crippen molar-refractivity contribution in [3.05, 3.63) is 29.8 Å². The highest BCUT2D eigenvalue weighted by Gasteiger charge is 2.11. The van der Waals surface area contributed by atoms with Crippen molar-refractivity contribution < 1.29 is 0 Å². The Morgan fingerprint density at radius 1 is 1.38 bits per heavy atom. The molecule has 88 valence electrons. The number of hydrogen-bond donors (Lipinski definition) is 1. The molecule has 0 atom stereocenters. The van der Waals surface area contributed by atoms with E-state index < -0.39 is 0 Å². The number of anilines is 1. The largest absolute Gasteiger partial charge is 0.389 e. The number of benzene rings is 1. The lowest BCUT2D eigenvalue weighted by molar-refractivity contribution is 0.591. The van der Waals surface area contributed by atoms with Crippen LogP contribution < -0.4 is 10.6 Å². The van der Waals surface area contributed by atoms with Crippen LogP contribution in [0.4, 0.5) is 5.69 Å². The second-order valence-corrected chi connectivity index (χ2v) is 4.44. The van der Waals surface area contributed by atoms with Gasteiger partial charge in [0.25, 0.3) is 0 Å². The molecule has 0 aromatic heterocycles. The SMILES string of the molecule is CCC(CC)N(C)c1cccc(C(N)=S)c1. The Morgan fingerprint density at radius 3 is 2.50 bits per heavy atom. The fourth-order valence-electron chi connectivity index (χ4n) is 1.93. The van der Waals surface area contributed by atoms with Crippen molar-refractivity contribution in [1.29, 1.82) is 0 Å². The number of nitrogens with two attached hydrogens (primary N) is 1. The third-order valence-electron chi connectivity index (χ3n) is 3.03. The zero-order valence-corrected chi connectivity index (χ0v) is 11.1. The highest BCUT2D eigenvalue weighted by molar-refractivity contribution is 7.80. The number of nitrogens with zero attached hydrogens (tertiary/aromatic N) is 1. The van der Waals surface area contributed by atoms with Gasteiger partial charge >= 0.3 is 0 Å². The van der Waals surface area contributed by atoms with Gasteiger partial charge in [0.2, 0.25) is 0 Å². The van der Waals surface area contributed by atoms with Crippen molar-refractivity contribution in [3.63, 3.8) is 0 Å². The molecule has 0 unspecified atom stereocenters. The van der Waals surface area contributed by atoms with Crippen molar-refractivity contribution in [2.24, 2.45) is 5.73 Å². The summed E-state index contributed by atoms with van der Waals surface area (Å²) in [4.78, 5) is 2.75. The summed E-state index contributed by atoms with van der Waals surface area (Å²) < 4.78 is 0. The van der Waals surface area contributed by atoms with E-state index in [9.17, 15) is 0 Å². The summed E-state index contributed by atoms with van der Waals surface area (Å²) >= 11 is 4.99. The molecule has 1 aromatic rings. The minimum atomic E-state index is 0.458. The molecule has 3 heteroatoms. The predicted octanol–water partition coefficient (Wildman–Crippen LogP) is 2.95. The van der Waals surface area contributed by atoms with Gasteiger partial charge in [0, 0.05) is 24.3 Å². The van der Waals surface area contributed by atoms with Gasteiger partial charge in [-0.3, -0.25) is 0 Å². The van der Waals surface area contributed by atoms with Gasteiger partial charge in [0.1, 0.15) is 4.99 Å². The van der Waals surface area contributed by atoms with E-state index in [1.807, 2.05) is 12.1 Å². The first-order valence-corrected chi connectivity index (χ1v) is 6.13. The Labute approximate surface area is 103 Å². The van der Waals surface area contributed by atoms with Gasteiger partial charge in [0.15, 0.2) is 0 Å². The van der Waals surface area contributed by atoms with Crippen molar-refractivity contribution >= 4 is 22.9 Å². The highest BCUT2D eigenvalue weighted by Crippen LogP contribution is 2.19. The van der Waals surface area contributed by atoms with Crippen LogP contribution in [-0.2, 0) is 0 Å². The molecule has 0 aliphatic rings. The molecular weight excluding hydrogens is 216 g/mol. The van der Waals surface area contributed by atoms with Crippen LogP contribution in [0.3, 0.4) is 0 Å². The van der Waals surface area contributed by atoms with Gasteiger partial charge in [-0.1, -0.05) is 38.2 Å². The Kier molecular flexibility index (Phi) is 4.74. The summed E-state index contributed by atoms with van der Waals surface area (Å²) in [5, 5.41) is 0. The molecule has 0 saturated heterocycles. The first-order valence-electron chi connectivity index (χ1n) is 5.72. The fraction of sp³-hybridized carbons (Fsp3) is 0.462. The maximum Gasteiger partial charge on any atom is 0.104 e. The van der Waals surface area contributed by atoms with Crippen LogP contribution in [0.25, 0.3) is 0 Å². The fourth-order valence-corrected chi connectivity index (χ4v) is 2.05. The van der Waals surface area contributed by atoms with Crippen LogP contribution in [0.5, 0.6) is 0 Å². The Morgan fingerprint density at radius 2 is 2.00 bits per heavy atom. The molecule has 0 radical (unpaired) electrons. The third-order valence-corrected chi connectivity index (χ3v) is 3.26. The van der Waals surface area contributed by atoms with E-state index in [-0.39, 0.29) is 0 Å². The Balaban J connectivity index is 2.94. The van der Waals surface area contributed by atoms with E-state index >= 15 is 0 Å². The predicted molar refractivity (Wildman–Crippen MR) is 75.1 cm³/mol. The second-order valence-electron chi connectivity index (χ2n) is 4.00. The zero-order chi connectivity index (χ0) is 12.1. The van der Waals surface area contributed by atoms with Gasteiger partial charge in [-0.2, -0.15) is 0 Å². The molecule has 0 saturated carbocycles. The summed E-state index contributed by atoms with van der Waals surface area (Å²) in [6.07, 6.45) is 2.29. The van der Waals surface area contributed by atoms with Crippen LogP contribution in [0.2, 0.25) is 0 Å². The minimum Gasteiger partial charge on any atom is -0.389 e. The van der Waals surface area contributed by atoms with E-state index in [0.717, 1.165) is 18.4 Å². The van der Waals surface area contributed by atoms with Crippen molar-refractivity contribution in [2.75, 3.05) is 11.9 Å². The minimum absolute atomic E-state index is 0.458. The van der Waals surface area contributed by atoms with Gasteiger partial charge in [-0.15, -0.1) is 0 Å². The van der Waals surface area contributed by atoms with Crippen LogP contribution in [0, 0.1) is 0 Å². The summed E-state index contributed by atoms with van der Waals surface area (Å²) in [7, 11) is 2.12. The Hall–Kier alpha value is -1.09. The maximum atomic E-state index is 5.64. The topological polar surface area (TPSA) is 29.3 Å². The van der Waals surface area contributed by atoms with Gasteiger partial charge in [-0.05, 0) is 25.0 Å². The van der Waals surface area contributed by atoms with E-state index in [1.165, 1.54) is 5.69 Å². The molecule has 0 fully saturated rings. The van der Waals surface area contributed by atoms with Crippen LogP contribution in [-0.4, -0.2) is 18.1 Å². The van der Waals surface area contributed by atoms with E-state index in [1.54, 1.807) is 0 Å². The second kappa shape index (κ2) is 5.85. The molecule has 0 amide bonds. The average Bonchev–Trinajstić information content (AvgIpc) is 2.30. The molecule has 2 nitrogen and oxygen atoms in total. The molecule has 16 heavy (non-hydrogen) atoms. The maximum absolute atomic E-state index is 5.64. The molecule has 0 aliphatic heterocycles. The molecule has 1 aromatic carbocycles. The van der Waals surface area contributed by atoms with Crippen molar-refractivity contribution in [3.8, 4) is 0 Å². The van der Waals surface area contributed by atoms with Crippen molar-refractivity contribution in [2.45, 2.75) is 32.7 Å². The standard InChI is InChI=1S/C13H20N2S/c1-4-11(5-2)15(3)12-8-6-7-10(9-12)13(14)16/h6-9,11H,4-5H2,1-3H3,(H2,14,16). The summed E-state index contributed by atoms with van der Waals surface area (Å²) in [6.45, 7) is 4.42. The van der Waals surface area contributed by atoms with E-state index in [0.29, 0.717) is 11.0 Å². The summed E-state index contributed by atoms with van der Waals surface area (Å²) in [6, 6.07) is 8.68. The molecule has 0 bridgehead atoms. The van der Waals surface area contributed by atoms with Crippen molar-refractivity contribution in [1.82, 2.24) is 0 Å². The van der Waals surface area contributed by atoms with Gasteiger partial charge in [0.05, 0.1) is 0 Å². The molecular formula is C13H20N2S. The first kappa shape index (κ1) is 13.0. The lowest BCUT2D eigenvalue weighted by atomic mass is 10.1.